The van der Waals surface area contributed by atoms with Gasteiger partial charge in [-0.05, 0) is 0 Å². The van der Waals surface area contributed by atoms with Crippen LogP contribution in [0.3, 0.4) is 0 Å². The van der Waals surface area contributed by atoms with Crippen molar-refractivity contribution in [1.82, 2.24) is 10.6 Å². The van der Waals surface area contributed by atoms with Crippen molar-refractivity contribution in [3.8, 4) is 0 Å². The Morgan fingerprint density at radius 3 is 2.57 bits per heavy atom. The summed E-state index contributed by atoms with van der Waals surface area (Å²) in [4.78, 5) is 33.8. The number of methoxy groups -OCH3 is 2. The van der Waals surface area contributed by atoms with Crippen molar-refractivity contribution >= 4 is 18.0 Å². The van der Waals surface area contributed by atoms with Gasteiger partial charge in [-0.2, -0.15) is 0 Å². The van der Waals surface area contributed by atoms with Crippen molar-refractivity contribution in [2.75, 3.05) is 34.0 Å². The molecule has 1 aliphatic rings. The molecule has 9 nitrogen and oxygen atoms in total. The average Bonchev–Trinajstić information content (AvgIpc) is 2.93. The van der Waals surface area contributed by atoms with Gasteiger partial charge in [-0.25, -0.2) is 9.59 Å². The maximum absolute atomic E-state index is 11.7. The summed E-state index contributed by atoms with van der Waals surface area (Å²) in [7, 11) is 2.66. The maximum atomic E-state index is 11.7. The second kappa shape index (κ2) is 7.79. The number of amides is 2. The zero-order valence-electron chi connectivity index (χ0n) is 12.0. The highest BCUT2D eigenvalue weighted by atomic mass is 16.5. The molecule has 0 saturated carbocycles. The fraction of sp³-hybridized carbons (Fsp3) is 0.750. The van der Waals surface area contributed by atoms with E-state index >= 15 is 0 Å². The SMILES string of the molecule is COC(=O)C[C@H](NC(=O)NCC1(OC)CCOC1)C(=O)O. The first-order chi connectivity index (χ1) is 9.92. The third-order valence-electron chi connectivity index (χ3n) is 3.27. The fourth-order valence-corrected chi connectivity index (χ4v) is 1.86. The van der Waals surface area contributed by atoms with Gasteiger partial charge in [0.1, 0.15) is 11.6 Å². The van der Waals surface area contributed by atoms with E-state index in [2.05, 4.69) is 15.4 Å². The number of carboxylic acids is 1. The topological polar surface area (TPSA) is 123 Å². The first kappa shape index (κ1) is 17.2. The number of nitrogens with one attached hydrogen (secondary N) is 2. The highest BCUT2D eigenvalue weighted by molar-refractivity contribution is 5.86. The van der Waals surface area contributed by atoms with Crippen LogP contribution in [0, 0.1) is 0 Å². The number of urea groups is 1. The van der Waals surface area contributed by atoms with E-state index < -0.39 is 36.0 Å². The molecule has 1 unspecified atom stereocenters. The van der Waals surface area contributed by atoms with Crippen LogP contribution in [0.4, 0.5) is 4.79 Å². The molecule has 0 bridgehead atoms. The van der Waals surface area contributed by atoms with Crippen LogP contribution < -0.4 is 10.6 Å². The lowest BCUT2D eigenvalue weighted by Crippen LogP contribution is -2.52. The molecule has 1 aliphatic heterocycles. The van der Waals surface area contributed by atoms with Crippen LogP contribution in [0.15, 0.2) is 0 Å². The fourth-order valence-electron chi connectivity index (χ4n) is 1.86. The number of rotatable bonds is 7. The van der Waals surface area contributed by atoms with Crippen molar-refractivity contribution in [3.63, 3.8) is 0 Å². The van der Waals surface area contributed by atoms with Gasteiger partial charge in [-0.1, -0.05) is 0 Å². The van der Waals surface area contributed by atoms with Crippen LogP contribution in [0.25, 0.3) is 0 Å². The predicted octanol–water partition coefficient (Wildman–Crippen LogP) is -0.893. The number of ether oxygens (including phenoxy) is 3. The molecule has 0 aromatic carbocycles. The molecule has 0 aromatic rings. The summed E-state index contributed by atoms with van der Waals surface area (Å²) in [5.74, 6) is -2.04. The van der Waals surface area contributed by atoms with E-state index in [0.717, 1.165) is 7.11 Å². The van der Waals surface area contributed by atoms with Crippen LogP contribution in [-0.2, 0) is 23.8 Å². The third-order valence-corrected chi connectivity index (χ3v) is 3.27. The predicted molar refractivity (Wildman–Crippen MR) is 69.8 cm³/mol. The minimum atomic E-state index is -1.35. The summed E-state index contributed by atoms with van der Waals surface area (Å²) in [5.41, 5.74) is -0.599. The van der Waals surface area contributed by atoms with E-state index in [1.54, 1.807) is 0 Å². The zero-order chi connectivity index (χ0) is 15.9. The van der Waals surface area contributed by atoms with Crippen LogP contribution in [0.2, 0.25) is 0 Å². The van der Waals surface area contributed by atoms with Gasteiger partial charge in [0.25, 0.3) is 0 Å². The van der Waals surface area contributed by atoms with Crippen molar-refractivity contribution < 1.29 is 33.7 Å². The van der Waals surface area contributed by atoms with E-state index in [9.17, 15) is 14.4 Å². The van der Waals surface area contributed by atoms with Crippen molar-refractivity contribution in [3.05, 3.63) is 0 Å². The molecule has 120 valence electrons. The van der Waals surface area contributed by atoms with E-state index in [0.29, 0.717) is 19.6 Å². The van der Waals surface area contributed by atoms with Gasteiger partial charge in [-0.3, -0.25) is 4.79 Å². The van der Waals surface area contributed by atoms with Gasteiger partial charge >= 0.3 is 18.0 Å². The standard InChI is InChI=1S/C12H20N2O7/c1-19-9(15)5-8(10(16)17)14-11(18)13-6-12(20-2)3-4-21-7-12/h8H,3-7H2,1-2H3,(H,16,17)(H2,13,14,18)/t8-,12?/m0/s1. The Morgan fingerprint density at radius 1 is 1.38 bits per heavy atom. The second-order valence-electron chi connectivity index (χ2n) is 4.69. The molecule has 0 radical (unpaired) electrons. The molecule has 0 aliphatic carbocycles. The van der Waals surface area contributed by atoms with Gasteiger partial charge < -0.3 is 30.0 Å². The van der Waals surface area contributed by atoms with Crippen molar-refractivity contribution in [2.45, 2.75) is 24.5 Å². The van der Waals surface area contributed by atoms with E-state index in [4.69, 9.17) is 14.6 Å². The molecule has 1 fully saturated rings. The molecule has 0 spiro atoms. The van der Waals surface area contributed by atoms with Gasteiger partial charge in [0.05, 0.1) is 26.7 Å². The molecule has 9 heteroatoms. The summed E-state index contributed by atoms with van der Waals surface area (Å²) < 4.78 is 14.9. The largest absolute Gasteiger partial charge is 0.480 e. The van der Waals surface area contributed by atoms with Gasteiger partial charge in [0.15, 0.2) is 0 Å². The molecule has 0 aromatic heterocycles. The van der Waals surface area contributed by atoms with E-state index in [-0.39, 0.29) is 6.54 Å². The van der Waals surface area contributed by atoms with Crippen LogP contribution >= 0.6 is 0 Å². The molecule has 21 heavy (non-hydrogen) atoms. The smallest absolute Gasteiger partial charge is 0.326 e. The van der Waals surface area contributed by atoms with Gasteiger partial charge in [0.2, 0.25) is 0 Å². The summed E-state index contributed by atoms with van der Waals surface area (Å²) in [6.07, 6.45) is 0.187. The molecular formula is C12H20N2O7. The monoisotopic (exact) mass is 304 g/mol. The van der Waals surface area contributed by atoms with Gasteiger partial charge in [0, 0.05) is 20.1 Å². The summed E-state index contributed by atoms with van der Waals surface area (Å²) >= 11 is 0. The van der Waals surface area contributed by atoms with E-state index in [1.165, 1.54) is 7.11 Å². The molecule has 2 amide bonds. The Bertz CT molecular complexity index is 393. The van der Waals surface area contributed by atoms with Gasteiger partial charge in [-0.15, -0.1) is 0 Å². The normalized spacial score (nSPS) is 22.4. The Kier molecular flexibility index (Phi) is 6.38. The maximum Gasteiger partial charge on any atom is 0.326 e. The Hall–Kier alpha value is -1.87. The molecule has 1 heterocycles. The minimum absolute atomic E-state index is 0.180. The number of carbonyl (C=O) groups excluding carboxylic acids is 2. The van der Waals surface area contributed by atoms with E-state index in [1.807, 2.05) is 0 Å². The van der Waals surface area contributed by atoms with Crippen molar-refractivity contribution in [2.24, 2.45) is 0 Å². The number of esters is 1. The first-order valence-corrected chi connectivity index (χ1v) is 6.39. The Balaban J connectivity index is 2.46. The molecule has 1 saturated heterocycles. The molecule has 1 rings (SSSR count). The zero-order valence-corrected chi connectivity index (χ0v) is 12.0. The lowest BCUT2D eigenvalue weighted by molar-refractivity contribution is -0.147. The number of hydrogen-bond donors (Lipinski definition) is 3. The Morgan fingerprint density at radius 2 is 2.10 bits per heavy atom. The van der Waals surface area contributed by atoms with Crippen LogP contribution in [-0.4, -0.2) is 68.7 Å². The van der Waals surface area contributed by atoms with Crippen LogP contribution in [0.5, 0.6) is 0 Å². The molecule has 3 N–H and O–H groups in total. The third kappa shape index (κ3) is 5.20. The first-order valence-electron chi connectivity index (χ1n) is 6.39. The number of hydrogen-bond acceptors (Lipinski definition) is 6. The highest BCUT2D eigenvalue weighted by Gasteiger charge is 2.35. The summed E-state index contributed by atoms with van der Waals surface area (Å²) in [5, 5.41) is 13.7. The van der Waals surface area contributed by atoms with Crippen LogP contribution in [0.1, 0.15) is 12.8 Å². The number of aliphatic carboxylic acids is 1. The quantitative estimate of drug-likeness (QED) is 0.521. The molecular weight excluding hydrogens is 284 g/mol. The minimum Gasteiger partial charge on any atom is -0.480 e. The average molecular weight is 304 g/mol. The summed E-state index contributed by atoms with van der Waals surface area (Å²) in [6, 6.07) is -2.05. The molecule has 2 atom stereocenters. The second-order valence-corrected chi connectivity index (χ2v) is 4.69. The summed E-state index contributed by atoms with van der Waals surface area (Å²) in [6.45, 7) is 1.07. The number of carbonyl (C=O) groups is 3. The number of carboxylic acid groups (broad SMARTS) is 1. The Labute approximate surface area is 121 Å². The lowest BCUT2D eigenvalue weighted by Gasteiger charge is -2.26. The van der Waals surface area contributed by atoms with Crippen molar-refractivity contribution in [1.29, 1.82) is 0 Å². The lowest BCUT2D eigenvalue weighted by atomic mass is 10.0. The highest BCUT2D eigenvalue weighted by Crippen LogP contribution is 2.21.